The fraction of sp³-hybridized carbons (Fsp3) is 0.125. The summed E-state index contributed by atoms with van der Waals surface area (Å²) in [5.41, 5.74) is 2.08. The second-order valence-electron chi connectivity index (χ2n) is 4.07. The molecular formula is C16H16O. The molecule has 0 unspecified atom stereocenters. The molecule has 0 heterocycles. The summed E-state index contributed by atoms with van der Waals surface area (Å²) in [4.78, 5) is 0. The molecule has 0 bridgehead atoms. The molecule has 1 nitrogen and oxygen atoms in total. The Morgan fingerprint density at radius 1 is 1.06 bits per heavy atom. The average Bonchev–Trinajstić information content (AvgIpc) is 2.34. The van der Waals surface area contributed by atoms with E-state index in [2.05, 4.69) is 19.2 Å². The lowest BCUT2D eigenvalue weighted by atomic mass is 9.95. The van der Waals surface area contributed by atoms with Crippen molar-refractivity contribution in [1.29, 1.82) is 0 Å². The topological polar surface area (TPSA) is 20.2 Å². The Bertz CT molecular complexity index is 567. The van der Waals surface area contributed by atoms with Crippen molar-refractivity contribution in [2.75, 3.05) is 0 Å². The molecule has 2 aromatic rings. The molecule has 0 aliphatic rings. The number of benzene rings is 2. The average molecular weight is 224 g/mol. The van der Waals surface area contributed by atoms with Crippen molar-refractivity contribution in [3.05, 3.63) is 66.8 Å². The second-order valence-corrected chi connectivity index (χ2v) is 4.07. The Labute approximate surface area is 102 Å². The van der Waals surface area contributed by atoms with Gasteiger partial charge in [0.05, 0.1) is 0 Å². The van der Waals surface area contributed by atoms with Crippen molar-refractivity contribution in [3.8, 4) is 5.75 Å². The summed E-state index contributed by atoms with van der Waals surface area (Å²) in [6, 6.07) is 9.99. The maximum atomic E-state index is 10.3. The van der Waals surface area contributed by atoms with Crippen LogP contribution in [0, 0.1) is 0 Å². The van der Waals surface area contributed by atoms with Gasteiger partial charge in [0, 0.05) is 10.9 Å². The normalized spacial score (nSPS) is 10.4. The zero-order chi connectivity index (χ0) is 12.3. The van der Waals surface area contributed by atoms with Gasteiger partial charge in [-0.2, -0.15) is 0 Å². The van der Waals surface area contributed by atoms with E-state index >= 15 is 0 Å². The van der Waals surface area contributed by atoms with Crippen LogP contribution in [0.1, 0.15) is 11.1 Å². The summed E-state index contributed by atoms with van der Waals surface area (Å²) < 4.78 is 0. The lowest BCUT2D eigenvalue weighted by Crippen LogP contribution is -1.93. The van der Waals surface area contributed by atoms with E-state index in [9.17, 15) is 5.11 Å². The molecule has 17 heavy (non-hydrogen) atoms. The van der Waals surface area contributed by atoms with Gasteiger partial charge in [0.2, 0.25) is 0 Å². The number of allylic oxidation sites excluding steroid dienone is 2. The summed E-state index contributed by atoms with van der Waals surface area (Å²) in [7, 11) is 0. The summed E-state index contributed by atoms with van der Waals surface area (Å²) >= 11 is 0. The predicted octanol–water partition coefficient (Wildman–Crippen LogP) is 4.00. The molecule has 0 atom stereocenters. The fourth-order valence-electron chi connectivity index (χ4n) is 2.14. The van der Waals surface area contributed by atoms with Crippen LogP contribution in [0.2, 0.25) is 0 Å². The van der Waals surface area contributed by atoms with Crippen molar-refractivity contribution >= 4 is 10.8 Å². The molecule has 1 heteroatoms. The first-order valence-electron chi connectivity index (χ1n) is 5.72. The van der Waals surface area contributed by atoms with Crippen LogP contribution in [0.3, 0.4) is 0 Å². The van der Waals surface area contributed by atoms with Crippen LogP contribution in [0.5, 0.6) is 5.75 Å². The Kier molecular flexibility index (Phi) is 3.29. The Hall–Kier alpha value is -2.02. The minimum atomic E-state index is 0.375. The van der Waals surface area contributed by atoms with Gasteiger partial charge < -0.3 is 5.11 Å². The Morgan fingerprint density at radius 3 is 2.47 bits per heavy atom. The Balaban J connectivity index is 2.73. The number of hydrogen-bond acceptors (Lipinski definition) is 1. The third-order valence-electron chi connectivity index (χ3n) is 2.93. The molecule has 0 fully saturated rings. The van der Waals surface area contributed by atoms with Gasteiger partial charge in [-0.1, -0.05) is 42.5 Å². The first kappa shape index (κ1) is 11.5. The SMILES string of the molecule is C=CCc1cc2ccccc2c(O)c1CC=C. The molecular weight excluding hydrogens is 208 g/mol. The molecule has 0 aliphatic carbocycles. The second kappa shape index (κ2) is 4.88. The number of phenolic OH excluding ortho intramolecular Hbond substituents is 1. The fourth-order valence-corrected chi connectivity index (χ4v) is 2.14. The number of aromatic hydroxyl groups is 1. The highest BCUT2D eigenvalue weighted by molar-refractivity contribution is 5.90. The van der Waals surface area contributed by atoms with Gasteiger partial charge >= 0.3 is 0 Å². The minimum absolute atomic E-state index is 0.375. The molecule has 2 rings (SSSR count). The number of rotatable bonds is 4. The third-order valence-corrected chi connectivity index (χ3v) is 2.93. The van der Waals surface area contributed by atoms with Crippen molar-refractivity contribution in [3.63, 3.8) is 0 Å². The molecule has 1 N–H and O–H groups in total. The van der Waals surface area contributed by atoms with Crippen LogP contribution >= 0.6 is 0 Å². The number of phenols is 1. The van der Waals surface area contributed by atoms with Crippen LogP contribution in [0.15, 0.2) is 55.6 Å². The maximum Gasteiger partial charge on any atom is 0.127 e. The van der Waals surface area contributed by atoms with E-state index in [0.717, 1.165) is 28.3 Å². The van der Waals surface area contributed by atoms with Gasteiger partial charge in [-0.25, -0.2) is 0 Å². The van der Waals surface area contributed by atoms with E-state index in [1.165, 1.54) is 0 Å². The van der Waals surface area contributed by atoms with E-state index in [1.807, 2.05) is 36.4 Å². The minimum Gasteiger partial charge on any atom is -0.507 e. The van der Waals surface area contributed by atoms with Crippen LogP contribution < -0.4 is 0 Å². The highest BCUT2D eigenvalue weighted by Gasteiger charge is 2.10. The van der Waals surface area contributed by atoms with Crippen LogP contribution in [-0.2, 0) is 12.8 Å². The van der Waals surface area contributed by atoms with E-state index in [1.54, 1.807) is 0 Å². The molecule has 86 valence electrons. The first-order valence-corrected chi connectivity index (χ1v) is 5.72. The zero-order valence-corrected chi connectivity index (χ0v) is 9.82. The molecule has 0 amide bonds. The number of hydrogen-bond donors (Lipinski definition) is 1. The summed E-state index contributed by atoms with van der Waals surface area (Å²) in [6.07, 6.45) is 5.12. The van der Waals surface area contributed by atoms with E-state index in [4.69, 9.17) is 0 Å². The molecule has 0 radical (unpaired) electrons. The molecule has 0 saturated carbocycles. The third kappa shape index (κ3) is 2.09. The van der Waals surface area contributed by atoms with Crippen molar-refractivity contribution in [1.82, 2.24) is 0 Å². The van der Waals surface area contributed by atoms with Crippen molar-refractivity contribution < 1.29 is 5.11 Å². The van der Waals surface area contributed by atoms with Gasteiger partial charge in [-0.15, -0.1) is 13.2 Å². The van der Waals surface area contributed by atoms with E-state index in [0.29, 0.717) is 12.2 Å². The lowest BCUT2D eigenvalue weighted by molar-refractivity contribution is 0.475. The van der Waals surface area contributed by atoms with Crippen LogP contribution in [0.4, 0.5) is 0 Å². The van der Waals surface area contributed by atoms with E-state index < -0.39 is 0 Å². The highest BCUT2D eigenvalue weighted by Crippen LogP contribution is 2.32. The maximum absolute atomic E-state index is 10.3. The van der Waals surface area contributed by atoms with Gasteiger partial charge in [0.25, 0.3) is 0 Å². The summed E-state index contributed by atoms with van der Waals surface area (Å²) in [6.45, 7) is 7.50. The van der Waals surface area contributed by atoms with Crippen LogP contribution in [0.25, 0.3) is 10.8 Å². The standard InChI is InChI=1S/C16H16O/c1-3-7-12-11-13-9-5-6-10-15(13)16(17)14(12)8-4-2/h3-6,9-11,17H,1-2,7-8H2. The first-order chi connectivity index (χ1) is 8.27. The van der Waals surface area contributed by atoms with Gasteiger partial charge in [-0.05, 0) is 23.8 Å². The predicted molar refractivity (Wildman–Crippen MR) is 73.4 cm³/mol. The molecule has 2 aromatic carbocycles. The van der Waals surface area contributed by atoms with Gasteiger partial charge in [0.1, 0.15) is 5.75 Å². The van der Waals surface area contributed by atoms with Gasteiger partial charge in [-0.3, -0.25) is 0 Å². The van der Waals surface area contributed by atoms with Crippen molar-refractivity contribution in [2.24, 2.45) is 0 Å². The molecule has 0 spiro atoms. The largest absolute Gasteiger partial charge is 0.507 e. The van der Waals surface area contributed by atoms with Gasteiger partial charge in [0.15, 0.2) is 0 Å². The summed E-state index contributed by atoms with van der Waals surface area (Å²) in [5.74, 6) is 0.375. The highest BCUT2D eigenvalue weighted by atomic mass is 16.3. The molecule has 0 aromatic heterocycles. The Morgan fingerprint density at radius 2 is 1.76 bits per heavy atom. The molecule has 0 saturated heterocycles. The number of fused-ring (bicyclic) bond motifs is 1. The molecule has 0 aliphatic heterocycles. The smallest absolute Gasteiger partial charge is 0.127 e. The van der Waals surface area contributed by atoms with E-state index in [-0.39, 0.29) is 0 Å². The van der Waals surface area contributed by atoms with Crippen LogP contribution in [-0.4, -0.2) is 5.11 Å². The quantitative estimate of drug-likeness (QED) is 0.778. The van der Waals surface area contributed by atoms with Crippen molar-refractivity contribution in [2.45, 2.75) is 12.8 Å². The summed E-state index contributed by atoms with van der Waals surface area (Å²) in [5, 5.41) is 12.3. The lowest BCUT2D eigenvalue weighted by Gasteiger charge is -2.12. The monoisotopic (exact) mass is 224 g/mol. The zero-order valence-electron chi connectivity index (χ0n) is 9.82.